The highest BCUT2D eigenvalue weighted by molar-refractivity contribution is 5.67. The van der Waals surface area contributed by atoms with Crippen LogP contribution in [0.4, 0.5) is 13.6 Å². The Hall–Kier alpha value is -1.65. The van der Waals surface area contributed by atoms with Gasteiger partial charge in [0, 0.05) is 12.5 Å². The molecule has 5 heteroatoms. The van der Waals surface area contributed by atoms with Crippen LogP contribution in [0.1, 0.15) is 25.3 Å². The molecule has 1 amide bonds. The average molecular weight is 283 g/mol. The lowest BCUT2D eigenvalue weighted by Crippen LogP contribution is -2.50. The largest absolute Gasteiger partial charge is 0.445 e. The summed E-state index contributed by atoms with van der Waals surface area (Å²) in [6.45, 7) is 1.65. The topological polar surface area (TPSA) is 29.5 Å². The normalized spacial score (nSPS) is 21.6. The van der Waals surface area contributed by atoms with Gasteiger partial charge in [0.25, 0.3) is 5.92 Å². The van der Waals surface area contributed by atoms with E-state index in [-0.39, 0.29) is 6.61 Å². The second kappa shape index (κ2) is 6.20. The molecule has 1 aromatic carbocycles. The lowest BCUT2D eigenvalue weighted by molar-refractivity contribution is -0.107. The Morgan fingerprint density at radius 1 is 1.40 bits per heavy atom. The number of amides is 1. The predicted molar refractivity (Wildman–Crippen MR) is 71.5 cm³/mol. The molecule has 2 rings (SSSR count). The smallest absolute Gasteiger partial charge is 0.410 e. The number of rotatable bonds is 3. The molecular formula is C15H19F2NO2. The Kier molecular flexibility index (Phi) is 4.57. The van der Waals surface area contributed by atoms with Crippen molar-refractivity contribution in [2.75, 3.05) is 13.1 Å². The fourth-order valence-electron chi connectivity index (χ4n) is 2.45. The Labute approximate surface area is 117 Å². The van der Waals surface area contributed by atoms with Crippen molar-refractivity contribution in [2.45, 2.75) is 32.3 Å². The lowest BCUT2D eigenvalue weighted by atomic mass is 9.91. The number of carbonyl (C=O) groups is 1. The minimum atomic E-state index is -2.82. The first-order chi connectivity index (χ1) is 9.53. The van der Waals surface area contributed by atoms with Crippen molar-refractivity contribution < 1.29 is 18.3 Å². The first kappa shape index (κ1) is 14.8. The van der Waals surface area contributed by atoms with Crippen LogP contribution in [0.15, 0.2) is 30.3 Å². The first-order valence-electron chi connectivity index (χ1n) is 6.86. The van der Waals surface area contributed by atoms with Gasteiger partial charge in [0.2, 0.25) is 0 Å². The van der Waals surface area contributed by atoms with Gasteiger partial charge in [-0.25, -0.2) is 13.6 Å². The molecule has 20 heavy (non-hydrogen) atoms. The molecule has 3 nitrogen and oxygen atoms in total. The second-order valence-corrected chi connectivity index (χ2v) is 5.12. The summed E-state index contributed by atoms with van der Waals surface area (Å²) in [5.41, 5.74) is 0.844. The molecule has 0 aliphatic carbocycles. The monoisotopic (exact) mass is 283 g/mol. The zero-order valence-corrected chi connectivity index (χ0v) is 11.5. The molecule has 1 saturated heterocycles. The zero-order valence-electron chi connectivity index (χ0n) is 11.5. The molecule has 110 valence electrons. The third kappa shape index (κ3) is 3.46. The molecule has 1 aliphatic rings. The van der Waals surface area contributed by atoms with Crippen molar-refractivity contribution >= 4 is 6.09 Å². The van der Waals surface area contributed by atoms with Gasteiger partial charge in [-0.15, -0.1) is 0 Å². The predicted octanol–water partition coefficient (Wildman–Crippen LogP) is 3.69. The molecule has 0 aromatic heterocycles. The van der Waals surface area contributed by atoms with E-state index in [0.29, 0.717) is 19.4 Å². The number of piperidine rings is 1. The highest BCUT2D eigenvalue weighted by Gasteiger charge is 2.45. The highest BCUT2D eigenvalue weighted by Crippen LogP contribution is 2.35. The van der Waals surface area contributed by atoms with E-state index in [1.54, 1.807) is 6.92 Å². The summed E-state index contributed by atoms with van der Waals surface area (Å²) < 4.78 is 32.7. The number of hydrogen-bond acceptors (Lipinski definition) is 2. The van der Waals surface area contributed by atoms with Gasteiger partial charge >= 0.3 is 6.09 Å². The van der Waals surface area contributed by atoms with Crippen LogP contribution in [0.5, 0.6) is 0 Å². The van der Waals surface area contributed by atoms with Gasteiger partial charge in [0.15, 0.2) is 0 Å². The third-order valence-corrected chi connectivity index (χ3v) is 3.70. The van der Waals surface area contributed by atoms with Crippen molar-refractivity contribution in [3.8, 4) is 0 Å². The van der Waals surface area contributed by atoms with Gasteiger partial charge in [0.05, 0.1) is 6.54 Å². The van der Waals surface area contributed by atoms with Gasteiger partial charge in [-0.3, -0.25) is 0 Å². The summed E-state index contributed by atoms with van der Waals surface area (Å²) in [6, 6.07) is 9.19. The van der Waals surface area contributed by atoms with Gasteiger partial charge in [-0.1, -0.05) is 37.3 Å². The molecule has 0 N–H and O–H groups in total. The van der Waals surface area contributed by atoms with E-state index in [4.69, 9.17) is 4.74 Å². The number of likely N-dealkylation sites (tertiary alicyclic amines) is 1. The molecule has 1 fully saturated rings. The number of benzene rings is 1. The lowest BCUT2D eigenvalue weighted by Gasteiger charge is -2.37. The summed E-state index contributed by atoms with van der Waals surface area (Å²) >= 11 is 0. The van der Waals surface area contributed by atoms with Gasteiger partial charge < -0.3 is 9.64 Å². The SMILES string of the molecule is CCC1CCN(C(=O)OCc2ccccc2)CC1(F)F. The Balaban J connectivity index is 1.87. The molecule has 1 unspecified atom stereocenters. The minimum Gasteiger partial charge on any atom is -0.445 e. The van der Waals surface area contributed by atoms with Crippen LogP contribution in [0, 0.1) is 5.92 Å². The van der Waals surface area contributed by atoms with Crippen LogP contribution >= 0.6 is 0 Å². The molecule has 1 heterocycles. The third-order valence-electron chi connectivity index (χ3n) is 3.70. The molecule has 1 atom stereocenters. The number of carbonyl (C=O) groups excluding carboxylic acids is 1. The number of halogens is 2. The highest BCUT2D eigenvalue weighted by atomic mass is 19.3. The number of alkyl halides is 2. The molecular weight excluding hydrogens is 264 g/mol. The number of nitrogens with zero attached hydrogens (tertiary/aromatic N) is 1. The van der Waals surface area contributed by atoms with Crippen LogP contribution in [0.2, 0.25) is 0 Å². The maximum atomic E-state index is 13.8. The first-order valence-corrected chi connectivity index (χ1v) is 6.86. The van der Waals surface area contributed by atoms with Gasteiger partial charge in [-0.05, 0) is 18.4 Å². The Morgan fingerprint density at radius 2 is 2.10 bits per heavy atom. The average Bonchev–Trinajstić information content (AvgIpc) is 2.44. The summed E-state index contributed by atoms with van der Waals surface area (Å²) in [7, 11) is 0. The Bertz CT molecular complexity index is 450. The fraction of sp³-hybridized carbons (Fsp3) is 0.533. The minimum absolute atomic E-state index is 0.110. The van der Waals surface area contributed by atoms with Crippen LogP contribution < -0.4 is 0 Å². The van der Waals surface area contributed by atoms with E-state index in [0.717, 1.165) is 10.5 Å². The number of hydrogen-bond donors (Lipinski definition) is 0. The molecule has 0 saturated carbocycles. The number of ether oxygens (including phenoxy) is 1. The molecule has 1 aliphatic heterocycles. The van der Waals surface area contributed by atoms with Crippen LogP contribution in [0.25, 0.3) is 0 Å². The van der Waals surface area contributed by atoms with E-state index in [2.05, 4.69) is 0 Å². The van der Waals surface area contributed by atoms with Crippen LogP contribution in [-0.2, 0) is 11.3 Å². The summed E-state index contributed by atoms with van der Waals surface area (Å²) in [5, 5.41) is 0. The summed E-state index contributed by atoms with van der Waals surface area (Å²) in [4.78, 5) is 12.9. The van der Waals surface area contributed by atoms with E-state index in [1.807, 2.05) is 30.3 Å². The van der Waals surface area contributed by atoms with Crippen molar-refractivity contribution in [2.24, 2.45) is 5.92 Å². The fourth-order valence-corrected chi connectivity index (χ4v) is 2.45. The van der Waals surface area contributed by atoms with Gasteiger partial charge in [-0.2, -0.15) is 0 Å². The van der Waals surface area contributed by atoms with Crippen molar-refractivity contribution in [1.29, 1.82) is 0 Å². The zero-order chi connectivity index (χ0) is 14.6. The molecule has 0 spiro atoms. The van der Waals surface area contributed by atoms with Crippen LogP contribution in [0.3, 0.4) is 0 Å². The quantitative estimate of drug-likeness (QED) is 0.846. The summed E-state index contributed by atoms with van der Waals surface area (Å²) in [6.07, 6.45) is 0.0900. The van der Waals surface area contributed by atoms with E-state index >= 15 is 0 Å². The maximum Gasteiger partial charge on any atom is 0.410 e. The standard InChI is InChI=1S/C15H19F2NO2/c1-2-13-8-9-18(11-15(13,16)17)14(19)20-10-12-6-4-3-5-7-12/h3-7,13H,2,8-11H2,1H3. The summed E-state index contributed by atoms with van der Waals surface area (Å²) in [5.74, 6) is -3.46. The van der Waals surface area contributed by atoms with Crippen LogP contribution in [-0.4, -0.2) is 30.0 Å². The van der Waals surface area contributed by atoms with Gasteiger partial charge in [0.1, 0.15) is 6.61 Å². The Morgan fingerprint density at radius 3 is 2.70 bits per heavy atom. The maximum absolute atomic E-state index is 13.8. The van der Waals surface area contributed by atoms with Crippen molar-refractivity contribution in [3.63, 3.8) is 0 Å². The van der Waals surface area contributed by atoms with Crippen molar-refractivity contribution in [3.05, 3.63) is 35.9 Å². The van der Waals surface area contributed by atoms with E-state index in [9.17, 15) is 13.6 Å². The van der Waals surface area contributed by atoms with E-state index < -0.39 is 24.5 Å². The molecule has 0 bridgehead atoms. The van der Waals surface area contributed by atoms with Crippen molar-refractivity contribution in [1.82, 2.24) is 4.90 Å². The second-order valence-electron chi connectivity index (χ2n) is 5.12. The van der Waals surface area contributed by atoms with E-state index in [1.165, 1.54) is 0 Å². The molecule has 0 radical (unpaired) electrons. The molecule has 1 aromatic rings.